The number of carbonyl (C=O) groups excluding carboxylic acids is 1. The fourth-order valence-electron chi connectivity index (χ4n) is 1.72. The van der Waals surface area contributed by atoms with E-state index in [4.69, 9.17) is 9.84 Å². The van der Waals surface area contributed by atoms with Gasteiger partial charge in [0.25, 0.3) is 0 Å². The number of benzene rings is 1. The van der Waals surface area contributed by atoms with Gasteiger partial charge in [-0.25, -0.2) is 0 Å². The molecule has 0 amide bonds. The molecular weight excluding hydrogens is 196 g/mol. The van der Waals surface area contributed by atoms with E-state index in [9.17, 15) is 9.59 Å². The molecule has 1 aliphatic rings. The summed E-state index contributed by atoms with van der Waals surface area (Å²) in [5, 5.41) is 8.93. The molecular formula is C11H10O4. The molecule has 4 nitrogen and oxygen atoms in total. The molecule has 0 spiro atoms. The van der Waals surface area contributed by atoms with Crippen LogP contribution >= 0.6 is 0 Å². The van der Waals surface area contributed by atoms with Crippen LogP contribution in [0.25, 0.3) is 0 Å². The second-order valence-electron chi connectivity index (χ2n) is 3.47. The zero-order valence-electron chi connectivity index (χ0n) is 7.92. The van der Waals surface area contributed by atoms with Crippen molar-refractivity contribution < 1.29 is 19.4 Å². The fraction of sp³-hybridized carbons (Fsp3) is 0.273. The topological polar surface area (TPSA) is 63.6 Å². The van der Waals surface area contributed by atoms with Gasteiger partial charge in [-0.15, -0.1) is 0 Å². The highest BCUT2D eigenvalue weighted by Crippen LogP contribution is 2.35. The summed E-state index contributed by atoms with van der Waals surface area (Å²) in [6.07, 6.45) is -0.689. The maximum atomic E-state index is 11.1. The standard InChI is InChI=1S/C11H10O4/c12-9-6-8(11(13)14)10(15-9)7-4-2-1-3-5-7/h1-5,8,10H,6H2,(H,13,14)/t8-,10+/m1/s1. The molecule has 1 aromatic rings. The lowest BCUT2D eigenvalue weighted by Crippen LogP contribution is -2.17. The van der Waals surface area contributed by atoms with Gasteiger partial charge in [0.2, 0.25) is 0 Å². The van der Waals surface area contributed by atoms with Gasteiger partial charge >= 0.3 is 11.9 Å². The van der Waals surface area contributed by atoms with E-state index in [1.807, 2.05) is 6.07 Å². The molecule has 0 radical (unpaired) electrons. The normalized spacial score (nSPS) is 24.9. The predicted octanol–water partition coefficient (Wildman–Crippen LogP) is 1.38. The lowest BCUT2D eigenvalue weighted by atomic mass is 9.95. The molecule has 0 aliphatic carbocycles. The molecule has 0 saturated carbocycles. The first-order chi connectivity index (χ1) is 7.18. The van der Waals surface area contributed by atoms with Crippen LogP contribution < -0.4 is 0 Å². The number of cyclic esters (lactones) is 1. The highest BCUT2D eigenvalue weighted by Gasteiger charge is 2.40. The second-order valence-corrected chi connectivity index (χ2v) is 3.47. The maximum Gasteiger partial charge on any atom is 0.311 e. The minimum atomic E-state index is -0.991. The molecule has 1 N–H and O–H groups in total. The number of aliphatic carboxylic acids is 1. The highest BCUT2D eigenvalue weighted by molar-refractivity contribution is 5.82. The fourth-order valence-corrected chi connectivity index (χ4v) is 1.72. The van der Waals surface area contributed by atoms with E-state index in [1.54, 1.807) is 24.3 Å². The van der Waals surface area contributed by atoms with Crippen LogP contribution in [-0.2, 0) is 14.3 Å². The molecule has 1 heterocycles. The largest absolute Gasteiger partial charge is 0.481 e. The zero-order valence-corrected chi connectivity index (χ0v) is 7.92. The Kier molecular flexibility index (Phi) is 2.41. The van der Waals surface area contributed by atoms with Gasteiger partial charge in [0, 0.05) is 0 Å². The van der Waals surface area contributed by atoms with Crippen molar-refractivity contribution in [1.29, 1.82) is 0 Å². The molecule has 78 valence electrons. The van der Waals surface area contributed by atoms with E-state index in [1.165, 1.54) is 0 Å². The van der Waals surface area contributed by atoms with E-state index < -0.39 is 24.0 Å². The van der Waals surface area contributed by atoms with Gasteiger partial charge in [0.05, 0.1) is 6.42 Å². The number of carboxylic acid groups (broad SMARTS) is 1. The molecule has 0 unspecified atom stereocenters. The molecule has 4 heteroatoms. The van der Waals surface area contributed by atoms with Gasteiger partial charge in [0.15, 0.2) is 0 Å². The van der Waals surface area contributed by atoms with Crippen molar-refractivity contribution in [3.05, 3.63) is 35.9 Å². The quantitative estimate of drug-likeness (QED) is 0.742. The van der Waals surface area contributed by atoms with E-state index in [2.05, 4.69) is 0 Å². The number of hydrogen-bond donors (Lipinski definition) is 1. The van der Waals surface area contributed by atoms with Gasteiger partial charge in [-0.1, -0.05) is 30.3 Å². The van der Waals surface area contributed by atoms with Crippen LogP contribution in [0.5, 0.6) is 0 Å². The van der Waals surface area contributed by atoms with Gasteiger partial charge in [-0.05, 0) is 5.56 Å². The molecule has 1 saturated heterocycles. The van der Waals surface area contributed by atoms with Crippen LogP contribution in [0, 0.1) is 5.92 Å². The van der Waals surface area contributed by atoms with E-state index in [0.29, 0.717) is 0 Å². The number of carboxylic acids is 1. The summed E-state index contributed by atoms with van der Waals surface area (Å²) in [6.45, 7) is 0. The van der Waals surface area contributed by atoms with Crippen LogP contribution in [0.3, 0.4) is 0 Å². The van der Waals surface area contributed by atoms with Crippen molar-refractivity contribution in [3.63, 3.8) is 0 Å². The summed E-state index contributed by atoms with van der Waals surface area (Å²) in [6, 6.07) is 8.94. The molecule has 2 rings (SSSR count). The molecule has 1 fully saturated rings. The van der Waals surface area contributed by atoms with Crippen molar-refractivity contribution in [1.82, 2.24) is 0 Å². The average Bonchev–Trinajstić information content (AvgIpc) is 2.62. The van der Waals surface area contributed by atoms with Crippen molar-refractivity contribution in [2.24, 2.45) is 5.92 Å². The SMILES string of the molecule is O=C1C[C@@H](C(=O)O)[C@H](c2ccccc2)O1. The van der Waals surface area contributed by atoms with Crippen LogP contribution in [0.1, 0.15) is 18.1 Å². The molecule has 2 atom stereocenters. The van der Waals surface area contributed by atoms with E-state index in [0.717, 1.165) is 5.56 Å². The average molecular weight is 206 g/mol. The third-order valence-electron chi connectivity index (χ3n) is 2.46. The Morgan fingerprint density at radius 3 is 2.60 bits per heavy atom. The highest BCUT2D eigenvalue weighted by atomic mass is 16.6. The summed E-state index contributed by atoms with van der Waals surface area (Å²) in [5.41, 5.74) is 0.732. The Hall–Kier alpha value is -1.84. The van der Waals surface area contributed by atoms with E-state index in [-0.39, 0.29) is 6.42 Å². The summed E-state index contributed by atoms with van der Waals surface area (Å²) in [5.74, 6) is -2.20. The number of esters is 1. The van der Waals surface area contributed by atoms with E-state index >= 15 is 0 Å². The Morgan fingerprint density at radius 2 is 2.00 bits per heavy atom. The number of hydrogen-bond acceptors (Lipinski definition) is 3. The Labute approximate surface area is 86.5 Å². The molecule has 1 aliphatic heterocycles. The Balaban J connectivity index is 2.28. The van der Waals surface area contributed by atoms with Crippen molar-refractivity contribution in [2.45, 2.75) is 12.5 Å². The van der Waals surface area contributed by atoms with Gasteiger partial charge in [-0.3, -0.25) is 9.59 Å². The monoisotopic (exact) mass is 206 g/mol. The first-order valence-electron chi connectivity index (χ1n) is 4.65. The third-order valence-corrected chi connectivity index (χ3v) is 2.46. The summed E-state index contributed by atoms with van der Waals surface area (Å²) >= 11 is 0. The minimum absolute atomic E-state index is 0.0467. The molecule has 0 aromatic heterocycles. The lowest BCUT2D eigenvalue weighted by Gasteiger charge is -2.13. The van der Waals surface area contributed by atoms with Crippen molar-refractivity contribution in [3.8, 4) is 0 Å². The van der Waals surface area contributed by atoms with Crippen molar-refractivity contribution >= 4 is 11.9 Å². The Morgan fingerprint density at radius 1 is 1.33 bits per heavy atom. The predicted molar refractivity (Wildman–Crippen MR) is 51.0 cm³/mol. The van der Waals surface area contributed by atoms with Gasteiger partial charge in [0.1, 0.15) is 12.0 Å². The molecule has 0 bridgehead atoms. The number of carbonyl (C=O) groups is 2. The first kappa shape index (κ1) is 9.71. The van der Waals surface area contributed by atoms with Crippen LogP contribution in [0.15, 0.2) is 30.3 Å². The summed E-state index contributed by atoms with van der Waals surface area (Å²) in [4.78, 5) is 22.0. The van der Waals surface area contributed by atoms with Gasteiger partial charge in [-0.2, -0.15) is 0 Å². The van der Waals surface area contributed by atoms with Crippen LogP contribution in [-0.4, -0.2) is 17.0 Å². The first-order valence-corrected chi connectivity index (χ1v) is 4.65. The maximum absolute atomic E-state index is 11.1. The summed E-state index contributed by atoms with van der Waals surface area (Å²) in [7, 11) is 0. The smallest absolute Gasteiger partial charge is 0.311 e. The summed E-state index contributed by atoms with van der Waals surface area (Å²) < 4.78 is 5.00. The van der Waals surface area contributed by atoms with Crippen molar-refractivity contribution in [2.75, 3.05) is 0 Å². The third kappa shape index (κ3) is 1.83. The lowest BCUT2D eigenvalue weighted by molar-refractivity contribution is -0.144. The zero-order chi connectivity index (χ0) is 10.8. The van der Waals surface area contributed by atoms with Crippen LogP contribution in [0.4, 0.5) is 0 Å². The number of rotatable bonds is 2. The molecule has 15 heavy (non-hydrogen) atoms. The Bertz CT molecular complexity index is 385. The van der Waals surface area contributed by atoms with Crippen LogP contribution in [0.2, 0.25) is 0 Å². The number of ether oxygens (including phenoxy) is 1. The van der Waals surface area contributed by atoms with Gasteiger partial charge < -0.3 is 9.84 Å². The minimum Gasteiger partial charge on any atom is -0.481 e. The molecule has 1 aromatic carbocycles. The second kappa shape index (κ2) is 3.73.